The maximum Gasteiger partial charge on any atom is 0.138 e. The Morgan fingerprint density at radius 2 is 2.10 bits per heavy atom. The van der Waals surface area contributed by atoms with Crippen LogP contribution in [0.5, 0.6) is 0 Å². The molecule has 2 heterocycles. The van der Waals surface area contributed by atoms with Crippen molar-refractivity contribution in [2.24, 2.45) is 0 Å². The topological polar surface area (TPSA) is 49.5 Å². The quantitative estimate of drug-likeness (QED) is 0.933. The molecule has 20 heavy (non-hydrogen) atoms. The van der Waals surface area contributed by atoms with Crippen LogP contribution in [0.25, 0.3) is 0 Å². The van der Waals surface area contributed by atoms with Crippen LogP contribution in [-0.2, 0) is 13.0 Å². The van der Waals surface area contributed by atoms with Crippen molar-refractivity contribution in [1.82, 2.24) is 5.16 Å². The average molecular weight is 272 g/mol. The monoisotopic (exact) mass is 272 g/mol. The largest absolute Gasteiger partial charge is 0.394 e. The van der Waals surface area contributed by atoms with E-state index in [9.17, 15) is 5.11 Å². The van der Waals surface area contributed by atoms with E-state index in [1.54, 1.807) is 0 Å². The van der Waals surface area contributed by atoms with Gasteiger partial charge in [0.25, 0.3) is 0 Å². The number of aliphatic hydroxyl groups is 1. The third-order valence-corrected chi connectivity index (χ3v) is 4.34. The lowest BCUT2D eigenvalue weighted by atomic mass is 9.97. The third-order valence-electron chi connectivity index (χ3n) is 4.34. The van der Waals surface area contributed by atoms with Gasteiger partial charge in [-0.05, 0) is 38.8 Å². The van der Waals surface area contributed by atoms with Crippen molar-refractivity contribution in [2.45, 2.75) is 39.3 Å². The fraction of sp³-hybridized carbons (Fsp3) is 0.438. The van der Waals surface area contributed by atoms with E-state index in [0.717, 1.165) is 30.0 Å². The number of anilines is 1. The SMILES string of the molecule is Cc1noc(C)c1CN1c2ccccc2CC1(C)CO. The zero-order valence-corrected chi connectivity index (χ0v) is 12.2. The van der Waals surface area contributed by atoms with Crippen LogP contribution in [-0.4, -0.2) is 22.4 Å². The molecule has 1 aromatic heterocycles. The zero-order valence-electron chi connectivity index (χ0n) is 12.2. The predicted octanol–water partition coefficient (Wildman–Crippen LogP) is 2.61. The fourth-order valence-electron chi connectivity index (χ4n) is 3.02. The molecule has 0 spiro atoms. The van der Waals surface area contributed by atoms with Crippen LogP contribution in [0, 0.1) is 13.8 Å². The van der Waals surface area contributed by atoms with Crippen LogP contribution < -0.4 is 4.90 Å². The van der Waals surface area contributed by atoms with Gasteiger partial charge in [-0.2, -0.15) is 0 Å². The molecule has 0 aliphatic carbocycles. The molecule has 1 atom stereocenters. The summed E-state index contributed by atoms with van der Waals surface area (Å²) in [5.41, 5.74) is 4.26. The number of para-hydroxylation sites is 1. The first kappa shape index (κ1) is 13.2. The number of benzene rings is 1. The van der Waals surface area contributed by atoms with Gasteiger partial charge in [0.2, 0.25) is 0 Å². The molecule has 1 unspecified atom stereocenters. The fourth-order valence-corrected chi connectivity index (χ4v) is 3.02. The maximum atomic E-state index is 9.85. The summed E-state index contributed by atoms with van der Waals surface area (Å²) < 4.78 is 5.26. The molecule has 0 radical (unpaired) electrons. The molecule has 1 N–H and O–H groups in total. The van der Waals surface area contributed by atoms with E-state index in [0.29, 0.717) is 0 Å². The van der Waals surface area contributed by atoms with Crippen molar-refractivity contribution in [3.63, 3.8) is 0 Å². The Labute approximate surface area is 119 Å². The highest BCUT2D eigenvalue weighted by molar-refractivity contribution is 5.62. The van der Waals surface area contributed by atoms with E-state index >= 15 is 0 Å². The smallest absolute Gasteiger partial charge is 0.138 e. The van der Waals surface area contributed by atoms with Gasteiger partial charge in [-0.25, -0.2) is 0 Å². The molecule has 3 rings (SSSR count). The zero-order chi connectivity index (χ0) is 14.3. The van der Waals surface area contributed by atoms with E-state index in [1.165, 1.54) is 11.3 Å². The summed E-state index contributed by atoms with van der Waals surface area (Å²) in [4.78, 5) is 2.27. The van der Waals surface area contributed by atoms with Gasteiger partial charge >= 0.3 is 0 Å². The summed E-state index contributed by atoms with van der Waals surface area (Å²) in [6.45, 7) is 6.85. The Morgan fingerprint density at radius 3 is 2.75 bits per heavy atom. The summed E-state index contributed by atoms with van der Waals surface area (Å²) in [5, 5.41) is 13.9. The molecule has 0 saturated heterocycles. The van der Waals surface area contributed by atoms with E-state index in [1.807, 2.05) is 19.9 Å². The lowest BCUT2D eigenvalue weighted by molar-refractivity contribution is 0.204. The first-order valence-corrected chi connectivity index (χ1v) is 6.93. The van der Waals surface area contributed by atoms with Crippen LogP contribution in [0.2, 0.25) is 0 Å². The average Bonchev–Trinajstić information content (AvgIpc) is 2.91. The van der Waals surface area contributed by atoms with Crippen LogP contribution >= 0.6 is 0 Å². The van der Waals surface area contributed by atoms with Gasteiger partial charge in [0, 0.05) is 17.8 Å². The van der Waals surface area contributed by atoms with Gasteiger partial charge in [0.05, 0.1) is 17.8 Å². The number of aliphatic hydroxyl groups excluding tert-OH is 1. The number of aryl methyl sites for hydroxylation is 2. The van der Waals surface area contributed by atoms with Crippen LogP contribution in [0.1, 0.15) is 29.5 Å². The van der Waals surface area contributed by atoms with Gasteiger partial charge in [-0.15, -0.1) is 0 Å². The highest BCUT2D eigenvalue weighted by atomic mass is 16.5. The first-order valence-electron chi connectivity index (χ1n) is 6.93. The van der Waals surface area contributed by atoms with E-state index in [4.69, 9.17) is 4.52 Å². The van der Waals surface area contributed by atoms with Crippen molar-refractivity contribution in [1.29, 1.82) is 0 Å². The predicted molar refractivity (Wildman–Crippen MR) is 77.8 cm³/mol. The first-order chi connectivity index (χ1) is 9.55. The number of aromatic nitrogens is 1. The number of hydrogen-bond donors (Lipinski definition) is 1. The molecule has 106 valence electrons. The van der Waals surface area contributed by atoms with Crippen LogP contribution in [0.3, 0.4) is 0 Å². The Kier molecular flexibility index (Phi) is 3.05. The van der Waals surface area contributed by atoms with Crippen LogP contribution in [0.4, 0.5) is 5.69 Å². The lowest BCUT2D eigenvalue weighted by Gasteiger charge is -2.36. The van der Waals surface area contributed by atoms with Crippen molar-refractivity contribution in [3.05, 3.63) is 46.8 Å². The summed E-state index contributed by atoms with van der Waals surface area (Å²) in [6.07, 6.45) is 0.864. The second-order valence-electron chi connectivity index (χ2n) is 5.85. The van der Waals surface area contributed by atoms with Gasteiger partial charge in [-0.3, -0.25) is 0 Å². The minimum Gasteiger partial charge on any atom is -0.394 e. The third kappa shape index (κ3) is 1.91. The maximum absolute atomic E-state index is 9.85. The Balaban J connectivity index is 2.01. The van der Waals surface area contributed by atoms with Gasteiger partial charge in [-0.1, -0.05) is 23.4 Å². The van der Waals surface area contributed by atoms with Crippen molar-refractivity contribution in [3.8, 4) is 0 Å². The summed E-state index contributed by atoms with van der Waals surface area (Å²) >= 11 is 0. The molecule has 4 nitrogen and oxygen atoms in total. The summed E-state index contributed by atoms with van der Waals surface area (Å²) in [5.74, 6) is 0.854. The highest BCUT2D eigenvalue weighted by Gasteiger charge is 2.39. The van der Waals surface area contributed by atoms with E-state index < -0.39 is 0 Å². The molecule has 0 amide bonds. The summed E-state index contributed by atoms with van der Waals surface area (Å²) in [6, 6.07) is 8.35. The van der Waals surface area contributed by atoms with Crippen molar-refractivity contribution < 1.29 is 9.63 Å². The molecule has 4 heteroatoms. The minimum absolute atomic E-state index is 0.130. The highest BCUT2D eigenvalue weighted by Crippen LogP contribution is 2.40. The molecule has 0 saturated carbocycles. The molecular formula is C16H20N2O2. The molecular weight excluding hydrogens is 252 g/mol. The summed E-state index contributed by atoms with van der Waals surface area (Å²) in [7, 11) is 0. The van der Waals surface area contributed by atoms with E-state index in [-0.39, 0.29) is 12.1 Å². The Bertz CT molecular complexity index is 616. The Hall–Kier alpha value is -1.81. The molecule has 0 bridgehead atoms. The number of rotatable bonds is 3. The Morgan fingerprint density at radius 1 is 1.35 bits per heavy atom. The number of fused-ring (bicyclic) bond motifs is 1. The molecule has 1 aromatic carbocycles. The number of hydrogen-bond acceptors (Lipinski definition) is 4. The van der Waals surface area contributed by atoms with Gasteiger partial charge in [0.15, 0.2) is 0 Å². The lowest BCUT2D eigenvalue weighted by Crippen LogP contribution is -2.46. The second-order valence-corrected chi connectivity index (χ2v) is 5.85. The second kappa shape index (κ2) is 4.63. The molecule has 1 aliphatic heterocycles. The number of nitrogens with zero attached hydrogens (tertiary/aromatic N) is 2. The molecule has 1 aliphatic rings. The van der Waals surface area contributed by atoms with E-state index in [2.05, 4.69) is 35.2 Å². The van der Waals surface area contributed by atoms with Crippen molar-refractivity contribution in [2.75, 3.05) is 11.5 Å². The normalized spacial score (nSPS) is 21.3. The molecule has 0 fully saturated rings. The van der Waals surface area contributed by atoms with Crippen molar-refractivity contribution >= 4 is 5.69 Å². The minimum atomic E-state index is -0.264. The van der Waals surface area contributed by atoms with Gasteiger partial charge in [0.1, 0.15) is 5.76 Å². The van der Waals surface area contributed by atoms with Crippen LogP contribution in [0.15, 0.2) is 28.8 Å². The van der Waals surface area contributed by atoms with Gasteiger partial charge < -0.3 is 14.5 Å². The molecule has 2 aromatic rings. The standard InChI is InChI=1S/C16H20N2O2/c1-11-14(12(2)20-17-11)9-18-15-7-5-4-6-13(15)8-16(18,3)10-19/h4-7,19H,8-10H2,1-3H3.